The Morgan fingerprint density at radius 1 is 1.50 bits per heavy atom. The SMILES string of the molecule is Cc1c(N)cccc1C(=O)Nc1cnoc1. The normalized spacial score (nSPS) is 10.1. The molecule has 16 heavy (non-hydrogen) atoms. The number of hydrogen-bond acceptors (Lipinski definition) is 4. The van der Waals surface area contributed by atoms with Crippen LogP contribution in [0.4, 0.5) is 11.4 Å². The molecule has 0 aliphatic rings. The molecular weight excluding hydrogens is 206 g/mol. The van der Waals surface area contributed by atoms with Crippen LogP contribution < -0.4 is 11.1 Å². The summed E-state index contributed by atoms with van der Waals surface area (Å²) in [5.74, 6) is -0.229. The molecule has 0 atom stereocenters. The number of benzene rings is 1. The Kier molecular flexibility index (Phi) is 2.59. The Morgan fingerprint density at radius 2 is 2.31 bits per heavy atom. The Morgan fingerprint density at radius 3 is 3.00 bits per heavy atom. The number of carbonyl (C=O) groups excluding carboxylic acids is 1. The van der Waals surface area contributed by atoms with Gasteiger partial charge < -0.3 is 15.6 Å². The van der Waals surface area contributed by atoms with Crippen LogP contribution in [0, 0.1) is 6.92 Å². The average Bonchev–Trinajstić information content (AvgIpc) is 2.74. The summed E-state index contributed by atoms with van der Waals surface area (Å²) in [6.45, 7) is 1.80. The van der Waals surface area contributed by atoms with Gasteiger partial charge in [-0.15, -0.1) is 0 Å². The average molecular weight is 217 g/mol. The van der Waals surface area contributed by atoms with Gasteiger partial charge in [0.15, 0.2) is 0 Å². The van der Waals surface area contributed by atoms with Crippen LogP contribution in [-0.4, -0.2) is 11.1 Å². The van der Waals surface area contributed by atoms with Crippen molar-refractivity contribution in [2.75, 3.05) is 11.1 Å². The lowest BCUT2D eigenvalue weighted by molar-refractivity contribution is 0.102. The van der Waals surface area contributed by atoms with E-state index in [-0.39, 0.29) is 5.91 Å². The first-order valence-electron chi connectivity index (χ1n) is 4.74. The van der Waals surface area contributed by atoms with Gasteiger partial charge in [0.2, 0.25) is 0 Å². The first kappa shape index (κ1) is 10.2. The summed E-state index contributed by atoms with van der Waals surface area (Å²) in [5, 5.41) is 6.15. The maximum atomic E-state index is 11.8. The fourth-order valence-corrected chi connectivity index (χ4v) is 1.36. The van der Waals surface area contributed by atoms with Crippen LogP contribution in [0.5, 0.6) is 0 Å². The van der Waals surface area contributed by atoms with Gasteiger partial charge >= 0.3 is 0 Å². The number of nitrogens with two attached hydrogens (primary N) is 1. The molecule has 0 saturated heterocycles. The summed E-state index contributed by atoms with van der Waals surface area (Å²) in [7, 11) is 0. The molecule has 1 aromatic heterocycles. The van der Waals surface area contributed by atoms with E-state index in [2.05, 4.69) is 15.0 Å². The van der Waals surface area contributed by atoms with Crippen molar-refractivity contribution in [3.8, 4) is 0 Å². The predicted octanol–water partition coefficient (Wildman–Crippen LogP) is 1.82. The zero-order valence-electron chi connectivity index (χ0n) is 8.73. The zero-order valence-corrected chi connectivity index (χ0v) is 8.73. The van der Waals surface area contributed by atoms with Crippen LogP contribution in [0.3, 0.4) is 0 Å². The molecule has 0 aliphatic heterocycles. The summed E-state index contributed by atoms with van der Waals surface area (Å²) in [4.78, 5) is 11.8. The molecule has 5 nitrogen and oxygen atoms in total. The molecule has 0 fully saturated rings. The van der Waals surface area contributed by atoms with Gasteiger partial charge in [-0.2, -0.15) is 0 Å². The first-order chi connectivity index (χ1) is 7.68. The quantitative estimate of drug-likeness (QED) is 0.752. The van der Waals surface area contributed by atoms with E-state index in [1.54, 1.807) is 25.1 Å². The molecule has 82 valence electrons. The van der Waals surface area contributed by atoms with Gasteiger partial charge in [0, 0.05) is 11.3 Å². The van der Waals surface area contributed by atoms with Gasteiger partial charge in [-0.3, -0.25) is 4.79 Å². The number of rotatable bonds is 2. The highest BCUT2D eigenvalue weighted by Gasteiger charge is 2.11. The number of hydrogen-bond donors (Lipinski definition) is 2. The number of aromatic nitrogens is 1. The Labute approximate surface area is 92.2 Å². The van der Waals surface area contributed by atoms with Gasteiger partial charge in [-0.1, -0.05) is 11.2 Å². The van der Waals surface area contributed by atoms with E-state index in [1.807, 2.05) is 0 Å². The molecule has 2 rings (SSSR count). The fourth-order valence-electron chi connectivity index (χ4n) is 1.36. The van der Waals surface area contributed by atoms with E-state index >= 15 is 0 Å². The van der Waals surface area contributed by atoms with Crippen molar-refractivity contribution in [3.05, 3.63) is 41.8 Å². The highest BCUT2D eigenvalue weighted by atomic mass is 16.5. The molecule has 2 aromatic rings. The second-order valence-electron chi connectivity index (χ2n) is 3.39. The smallest absolute Gasteiger partial charge is 0.256 e. The number of nitrogen functional groups attached to an aromatic ring is 1. The fraction of sp³-hybridized carbons (Fsp3) is 0.0909. The lowest BCUT2D eigenvalue weighted by atomic mass is 10.1. The van der Waals surface area contributed by atoms with Gasteiger partial charge in [-0.05, 0) is 24.6 Å². The lowest BCUT2D eigenvalue weighted by Gasteiger charge is -2.07. The third-order valence-electron chi connectivity index (χ3n) is 2.31. The Hall–Kier alpha value is -2.30. The van der Waals surface area contributed by atoms with Crippen LogP contribution in [0.2, 0.25) is 0 Å². The number of nitrogens with one attached hydrogen (secondary N) is 1. The first-order valence-corrected chi connectivity index (χ1v) is 4.74. The predicted molar refractivity (Wildman–Crippen MR) is 60.0 cm³/mol. The van der Waals surface area contributed by atoms with Crippen LogP contribution in [0.15, 0.2) is 35.2 Å². The van der Waals surface area contributed by atoms with E-state index in [9.17, 15) is 4.79 Å². The molecular formula is C11H11N3O2. The highest BCUT2D eigenvalue weighted by Crippen LogP contribution is 2.17. The van der Waals surface area contributed by atoms with Crippen molar-refractivity contribution in [3.63, 3.8) is 0 Å². The summed E-state index contributed by atoms with van der Waals surface area (Å²) in [5.41, 5.74) is 8.14. The summed E-state index contributed by atoms with van der Waals surface area (Å²) in [6.07, 6.45) is 2.79. The van der Waals surface area contributed by atoms with Crippen molar-refractivity contribution in [1.29, 1.82) is 0 Å². The number of anilines is 2. The van der Waals surface area contributed by atoms with Gasteiger partial charge in [-0.25, -0.2) is 0 Å². The summed E-state index contributed by atoms with van der Waals surface area (Å²) >= 11 is 0. The number of nitrogens with zero attached hydrogens (tertiary/aromatic N) is 1. The standard InChI is InChI=1S/C11H11N3O2/c1-7-9(3-2-4-10(7)12)11(15)14-8-5-13-16-6-8/h2-6H,12H2,1H3,(H,14,15). The molecule has 1 amide bonds. The minimum absolute atomic E-state index is 0.229. The minimum Gasteiger partial charge on any atom is -0.398 e. The van der Waals surface area contributed by atoms with Crippen molar-refractivity contribution in [2.24, 2.45) is 0 Å². The van der Waals surface area contributed by atoms with Crippen molar-refractivity contribution in [1.82, 2.24) is 5.16 Å². The molecule has 0 saturated carbocycles. The molecule has 0 spiro atoms. The van der Waals surface area contributed by atoms with Gasteiger partial charge in [0.25, 0.3) is 5.91 Å². The molecule has 5 heteroatoms. The van der Waals surface area contributed by atoms with Crippen LogP contribution >= 0.6 is 0 Å². The monoisotopic (exact) mass is 217 g/mol. The minimum atomic E-state index is -0.229. The van der Waals surface area contributed by atoms with Gasteiger partial charge in [0.05, 0.1) is 6.20 Å². The second kappa shape index (κ2) is 4.06. The van der Waals surface area contributed by atoms with Gasteiger partial charge in [0.1, 0.15) is 12.0 Å². The van der Waals surface area contributed by atoms with E-state index < -0.39 is 0 Å². The van der Waals surface area contributed by atoms with E-state index in [1.165, 1.54) is 12.5 Å². The molecule has 0 radical (unpaired) electrons. The highest BCUT2D eigenvalue weighted by molar-refractivity contribution is 6.05. The van der Waals surface area contributed by atoms with E-state index in [4.69, 9.17) is 5.73 Å². The van der Waals surface area contributed by atoms with E-state index in [0.29, 0.717) is 16.9 Å². The maximum absolute atomic E-state index is 11.8. The van der Waals surface area contributed by atoms with Crippen molar-refractivity contribution < 1.29 is 9.32 Å². The molecule has 0 unspecified atom stereocenters. The zero-order chi connectivity index (χ0) is 11.5. The van der Waals surface area contributed by atoms with Crippen LogP contribution in [0.25, 0.3) is 0 Å². The Balaban J connectivity index is 2.24. The topological polar surface area (TPSA) is 81.2 Å². The van der Waals surface area contributed by atoms with Crippen molar-refractivity contribution >= 4 is 17.3 Å². The number of carbonyl (C=O) groups is 1. The van der Waals surface area contributed by atoms with Crippen LogP contribution in [0.1, 0.15) is 15.9 Å². The molecule has 3 N–H and O–H groups in total. The second-order valence-corrected chi connectivity index (χ2v) is 3.39. The third kappa shape index (κ3) is 1.88. The lowest BCUT2D eigenvalue weighted by Crippen LogP contribution is -2.13. The Bertz CT molecular complexity index is 506. The maximum Gasteiger partial charge on any atom is 0.256 e. The largest absolute Gasteiger partial charge is 0.398 e. The molecule has 0 aliphatic carbocycles. The van der Waals surface area contributed by atoms with Crippen molar-refractivity contribution in [2.45, 2.75) is 6.92 Å². The third-order valence-corrected chi connectivity index (χ3v) is 2.31. The van der Waals surface area contributed by atoms with Crippen LogP contribution in [-0.2, 0) is 0 Å². The number of amides is 1. The molecule has 1 heterocycles. The summed E-state index contributed by atoms with van der Waals surface area (Å²) < 4.78 is 4.62. The summed E-state index contributed by atoms with van der Waals surface area (Å²) in [6, 6.07) is 5.21. The molecule has 1 aromatic carbocycles. The van der Waals surface area contributed by atoms with E-state index in [0.717, 1.165) is 5.56 Å². The molecule has 0 bridgehead atoms.